The van der Waals surface area contributed by atoms with Crippen molar-refractivity contribution >= 4 is 17.5 Å². The fourth-order valence-corrected chi connectivity index (χ4v) is 4.72. The fourth-order valence-electron chi connectivity index (χ4n) is 4.53. The fraction of sp³-hybridized carbons (Fsp3) is 0.526. The second kappa shape index (κ2) is 6.29. The molecule has 1 aromatic rings. The number of carbonyl (C=O) groups is 1. The molecule has 2 bridgehead atoms. The highest BCUT2D eigenvalue weighted by atomic mass is 35.5. The maximum absolute atomic E-state index is 12.6. The first-order valence-corrected chi connectivity index (χ1v) is 9.13. The van der Waals surface area contributed by atoms with Gasteiger partial charge in [-0.3, -0.25) is 4.79 Å². The summed E-state index contributed by atoms with van der Waals surface area (Å²) in [6.07, 6.45) is 7.63. The van der Waals surface area contributed by atoms with E-state index >= 15 is 0 Å². The first-order valence-electron chi connectivity index (χ1n) is 8.76. The molecule has 3 aliphatic rings. The van der Waals surface area contributed by atoms with Gasteiger partial charge in [0, 0.05) is 16.5 Å². The summed E-state index contributed by atoms with van der Waals surface area (Å²) in [5, 5.41) is 0.629. The number of amides is 1. The van der Waals surface area contributed by atoms with Gasteiger partial charge in [0.05, 0.1) is 32.7 Å². The molecular formula is C19H24ClN2O+. The van der Waals surface area contributed by atoms with Crippen LogP contribution in [0.1, 0.15) is 23.2 Å². The molecule has 3 atom stereocenters. The van der Waals surface area contributed by atoms with Crippen LogP contribution in [-0.2, 0) is 0 Å². The zero-order valence-corrected chi connectivity index (χ0v) is 14.1. The Morgan fingerprint density at radius 2 is 2.04 bits per heavy atom. The van der Waals surface area contributed by atoms with E-state index in [1.54, 1.807) is 11.0 Å². The third kappa shape index (κ3) is 3.17. The number of nitrogens with zero attached hydrogens (tertiary/aromatic N) is 1. The Kier molecular flexibility index (Phi) is 4.16. The molecule has 4 rings (SSSR count). The van der Waals surface area contributed by atoms with Crippen molar-refractivity contribution in [1.82, 2.24) is 4.90 Å². The minimum Gasteiger partial charge on any atom is -0.332 e. The average Bonchev–Trinajstić information content (AvgIpc) is 3.18. The molecule has 0 aromatic heterocycles. The van der Waals surface area contributed by atoms with Crippen LogP contribution >= 0.6 is 11.6 Å². The molecule has 1 N–H and O–H groups in total. The first kappa shape index (κ1) is 15.2. The molecule has 1 aromatic carbocycles. The molecule has 0 spiro atoms. The lowest BCUT2D eigenvalue weighted by Crippen LogP contribution is -3.15. The van der Waals surface area contributed by atoms with Crippen LogP contribution in [0.25, 0.3) is 0 Å². The molecule has 0 unspecified atom stereocenters. The Morgan fingerprint density at radius 1 is 1.22 bits per heavy atom. The zero-order chi connectivity index (χ0) is 15.8. The number of fused-ring (bicyclic) bond motifs is 2. The summed E-state index contributed by atoms with van der Waals surface area (Å²) in [6, 6.07) is 7.28. The maximum Gasteiger partial charge on any atom is 0.254 e. The molecule has 1 aliphatic heterocycles. The van der Waals surface area contributed by atoms with E-state index in [1.807, 2.05) is 23.1 Å². The summed E-state index contributed by atoms with van der Waals surface area (Å²) < 4.78 is 0. The highest BCUT2D eigenvalue weighted by Crippen LogP contribution is 2.42. The summed E-state index contributed by atoms with van der Waals surface area (Å²) >= 11 is 6.00. The van der Waals surface area contributed by atoms with Gasteiger partial charge < -0.3 is 9.80 Å². The van der Waals surface area contributed by atoms with Crippen LogP contribution in [-0.4, -0.2) is 43.5 Å². The second-order valence-corrected chi connectivity index (χ2v) is 7.73. The van der Waals surface area contributed by atoms with Crippen LogP contribution in [0.4, 0.5) is 0 Å². The van der Waals surface area contributed by atoms with Gasteiger partial charge in [0.15, 0.2) is 0 Å². The van der Waals surface area contributed by atoms with Crippen LogP contribution in [0, 0.1) is 17.8 Å². The van der Waals surface area contributed by atoms with Gasteiger partial charge in [0.25, 0.3) is 5.91 Å². The Bertz CT molecular complexity index is 622. The molecule has 0 radical (unpaired) electrons. The van der Waals surface area contributed by atoms with Gasteiger partial charge >= 0.3 is 0 Å². The molecule has 1 heterocycles. The average molecular weight is 332 g/mol. The minimum absolute atomic E-state index is 0.120. The predicted molar refractivity (Wildman–Crippen MR) is 91.8 cm³/mol. The van der Waals surface area contributed by atoms with Crippen molar-refractivity contribution in [3.05, 3.63) is 47.0 Å². The highest BCUT2D eigenvalue weighted by Gasteiger charge is 2.38. The standard InChI is InChI=1S/C19H23ClN2O/c20-18-3-1-2-16(12-18)19(23)22-8-6-21(7-9-22)13-17-11-14-4-5-15(17)10-14/h1-5,12,14-15,17H,6-11,13H2/p+1/t14-,15-,17-/m0/s1. The number of benzene rings is 1. The number of hydrogen-bond donors (Lipinski definition) is 1. The van der Waals surface area contributed by atoms with Gasteiger partial charge in [0.1, 0.15) is 0 Å². The Morgan fingerprint density at radius 3 is 2.70 bits per heavy atom. The number of allylic oxidation sites excluding steroid dienone is 2. The number of rotatable bonds is 3. The summed E-state index contributed by atoms with van der Waals surface area (Å²) in [6.45, 7) is 5.15. The molecule has 3 nitrogen and oxygen atoms in total. The Labute approximate surface area is 142 Å². The van der Waals surface area contributed by atoms with Crippen molar-refractivity contribution in [2.24, 2.45) is 17.8 Å². The molecule has 1 saturated carbocycles. The van der Waals surface area contributed by atoms with Crippen LogP contribution in [0.3, 0.4) is 0 Å². The molecule has 23 heavy (non-hydrogen) atoms. The predicted octanol–water partition coefficient (Wildman–Crippen LogP) is 1.89. The van der Waals surface area contributed by atoms with Gasteiger partial charge in [-0.2, -0.15) is 0 Å². The van der Waals surface area contributed by atoms with E-state index in [-0.39, 0.29) is 5.91 Å². The third-order valence-corrected chi connectivity index (χ3v) is 6.03. The lowest BCUT2D eigenvalue weighted by Gasteiger charge is -2.34. The van der Waals surface area contributed by atoms with Gasteiger partial charge in [-0.15, -0.1) is 0 Å². The SMILES string of the molecule is O=C(c1cccc(Cl)c1)N1CC[NH+](C[C@@H]2C[C@H]3C=C[C@H]2C3)CC1. The van der Waals surface area contributed by atoms with E-state index < -0.39 is 0 Å². The number of carbonyl (C=O) groups excluding carboxylic acids is 1. The largest absolute Gasteiger partial charge is 0.332 e. The summed E-state index contributed by atoms with van der Waals surface area (Å²) in [5.41, 5.74) is 0.708. The van der Waals surface area contributed by atoms with Gasteiger partial charge in [-0.25, -0.2) is 0 Å². The van der Waals surface area contributed by atoms with Gasteiger partial charge in [-0.1, -0.05) is 29.8 Å². The lowest BCUT2D eigenvalue weighted by molar-refractivity contribution is -0.907. The topological polar surface area (TPSA) is 24.8 Å². The molecule has 122 valence electrons. The summed E-state index contributed by atoms with van der Waals surface area (Å²) in [5.74, 6) is 2.68. The van der Waals surface area contributed by atoms with Crippen molar-refractivity contribution in [2.75, 3.05) is 32.7 Å². The normalized spacial score (nSPS) is 30.1. The molecule has 4 heteroatoms. The number of nitrogens with one attached hydrogen (secondary N) is 1. The molecule has 2 fully saturated rings. The van der Waals surface area contributed by atoms with Crippen molar-refractivity contribution in [2.45, 2.75) is 12.8 Å². The van der Waals surface area contributed by atoms with Crippen LogP contribution in [0.2, 0.25) is 5.02 Å². The number of quaternary nitrogens is 1. The van der Waals surface area contributed by atoms with Crippen LogP contribution in [0.5, 0.6) is 0 Å². The van der Waals surface area contributed by atoms with E-state index in [4.69, 9.17) is 11.6 Å². The van der Waals surface area contributed by atoms with E-state index in [2.05, 4.69) is 12.2 Å². The first-order chi connectivity index (χ1) is 11.2. The van der Waals surface area contributed by atoms with Crippen molar-refractivity contribution in [1.29, 1.82) is 0 Å². The monoisotopic (exact) mass is 331 g/mol. The summed E-state index contributed by atoms with van der Waals surface area (Å²) in [4.78, 5) is 16.2. The van der Waals surface area contributed by atoms with E-state index in [0.717, 1.165) is 43.9 Å². The van der Waals surface area contributed by atoms with Crippen LogP contribution in [0.15, 0.2) is 36.4 Å². The molecular weight excluding hydrogens is 308 g/mol. The Hall–Kier alpha value is -1.32. The minimum atomic E-state index is 0.120. The third-order valence-electron chi connectivity index (χ3n) is 5.80. The molecule has 1 saturated heterocycles. The smallest absolute Gasteiger partial charge is 0.254 e. The van der Waals surface area contributed by atoms with E-state index in [1.165, 1.54) is 19.4 Å². The van der Waals surface area contributed by atoms with Gasteiger partial charge in [0.2, 0.25) is 0 Å². The van der Waals surface area contributed by atoms with Crippen molar-refractivity contribution in [3.63, 3.8) is 0 Å². The molecule has 1 amide bonds. The number of hydrogen-bond acceptors (Lipinski definition) is 1. The van der Waals surface area contributed by atoms with Crippen LogP contribution < -0.4 is 4.90 Å². The van der Waals surface area contributed by atoms with E-state index in [9.17, 15) is 4.79 Å². The van der Waals surface area contributed by atoms with E-state index in [0.29, 0.717) is 10.6 Å². The van der Waals surface area contributed by atoms with Crippen molar-refractivity contribution < 1.29 is 9.69 Å². The Balaban J connectivity index is 1.30. The quantitative estimate of drug-likeness (QED) is 0.841. The number of halogens is 1. The summed E-state index contributed by atoms with van der Waals surface area (Å²) in [7, 11) is 0. The molecule has 2 aliphatic carbocycles. The number of piperazine rings is 1. The highest BCUT2D eigenvalue weighted by molar-refractivity contribution is 6.30. The van der Waals surface area contributed by atoms with Gasteiger partial charge in [-0.05, 0) is 42.9 Å². The zero-order valence-electron chi connectivity index (χ0n) is 13.4. The maximum atomic E-state index is 12.6. The second-order valence-electron chi connectivity index (χ2n) is 7.30. The lowest BCUT2D eigenvalue weighted by atomic mass is 9.93. The van der Waals surface area contributed by atoms with Crippen molar-refractivity contribution in [3.8, 4) is 0 Å².